The van der Waals surface area contributed by atoms with E-state index in [0.29, 0.717) is 38.9 Å². The van der Waals surface area contributed by atoms with Gasteiger partial charge in [-0.3, -0.25) is 9.59 Å². The highest BCUT2D eigenvalue weighted by Gasteiger charge is 2.20. The third-order valence-corrected chi connectivity index (χ3v) is 3.92. The molecule has 0 unspecified atom stereocenters. The molecule has 1 aromatic heterocycles. The van der Waals surface area contributed by atoms with Crippen LogP contribution in [0, 0.1) is 0 Å². The molecule has 0 radical (unpaired) electrons. The summed E-state index contributed by atoms with van der Waals surface area (Å²) in [6, 6.07) is 10.2. The molecule has 1 amide bonds. The second kappa shape index (κ2) is 5.49. The van der Waals surface area contributed by atoms with Gasteiger partial charge in [0, 0.05) is 50.6 Å². The Morgan fingerprint density at radius 2 is 1.85 bits per heavy atom. The quantitative estimate of drug-likeness (QED) is 0.858. The topological polar surface area (TPSA) is 42.3 Å². The molecule has 0 aliphatic carbocycles. The Morgan fingerprint density at radius 3 is 2.65 bits per heavy atom. The van der Waals surface area contributed by atoms with Crippen molar-refractivity contribution in [2.75, 3.05) is 13.1 Å². The fourth-order valence-corrected chi connectivity index (χ4v) is 2.72. The molecule has 0 N–H and O–H groups in total. The number of fused-ring (bicyclic) bond motifs is 1. The van der Waals surface area contributed by atoms with Gasteiger partial charge in [-0.15, -0.1) is 0 Å². The van der Waals surface area contributed by atoms with Crippen LogP contribution in [0.2, 0.25) is 0 Å². The zero-order valence-corrected chi connectivity index (χ0v) is 11.4. The predicted octanol–water partition coefficient (Wildman–Crippen LogP) is 2.22. The molecule has 104 valence electrons. The largest absolute Gasteiger partial charge is 0.347 e. The van der Waals surface area contributed by atoms with Crippen LogP contribution in [0.1, 0.15) is 19.3 Å². The number of piperidine rings is 1. The summed E-state index contributed by atoms with van der Waals surface area (Å²) in [7, 11) is 0. The van der Waals surface area contributed by atoms with Gasteiger partial charge in [0.25, 0.3) is 0 Å². The zero-order chi connectivity index (χ0) is 13.9. The zero-order valence-electron chi connectivity index (χ0n) is 11.4. The predicted molar refractivity (Wildman–Crippen MR) is 77.4 cm³/mol. The van der Waals surface area contributed by atoms with E-state index in [1.165, 1.54) is 5.39 Å². The number of benzene rings is 1. The van der Waals surface area contributed by atoms with E-state index in [9.17, 15) is 9.59 Å². The number of carbonyl (C=O) groups excluding carboxylic acids is 2. The van der Waals surface area contributed by atoms with Crippen LogP contribution in [0.3, 0.4) is 0 Å². The average molecular weight is 270 g/mol. The lowest BCUT2D eigenvalue weighted by molar-refractivity contribution is -0.134. The van der Waals surface area contributed by atoms with Gasteiger partial charge in [0.1, 0.15) is 5.78 Å². The Labute approximate surface area is 118 Å². The first-order chi connectivity index (χ1) is 9.74. The lowest BCUT2D eigenvalue weighted by atomic mass is 10.1. The van der Waals surface area contributed by atoms with Crippen LogP contribution in [0.25, 0.3) is 10.9 Å². The maximum atomic E-state index is 12.1. The van der Waals surface area contributed by atoms with Gasteiger partial charge in [0.15, 0.2) is 0 Å². The van der Waals surface area contributed by atoms with Crippen molar-refractivity contribution in [3.05, 3.63) is 36.5 Å². The molecule has 2 heterocycles. The Kier molecular flexibility index (Phi) is 3.54. The number of ketones is 1. The molecule has 1 aromatic carbocycles. The number of hydrogen-bond donors (Lipinski definition) is 0. The minimum Gasteiger partial charge on any atom is -0.347 e. The summed E-state index contributed by atoms with van der Waals surface area (Å²) in [5, 5.41) is 1.20. The van der Waals surface area contributed by atoms with Gasteiger partial charge < -0.3 is 9.47 Å². The second-order valence-electron chi connectivity index (χ2n) is 5.24. The highest BCUT2D eigenvalue weighted by Crippen LogP contribution is 2.16. The molecule has 20 heavy (non-hydrogen) atoms. The molecule has 1 aliphatic heterocycles. The monoisotopic (exact) mass is 270 g/mol. The van der Waals surface area contributed by atoms with Gasteiger partial charge in [-0.05, 0) is 17.5 Å². The van der Waals surface area contributed by atoms with Gasteiger partial charge >= 0.3 is 0 Å². The van der Waals surface area contributed by atoms with Crippen molar-refractivity contribution in [3.8, 4) is 0 Å². The fraction of sp³-hybridized carbons (Fsp3) is 0.375. The van der Waals surface area contributed by atoms with Gasteiger partial charge in [0.2, 0.25) is 5.91 Å². The van der Waals surface area contributed by atoms with Crippen LogP contribution in [0.15, 0.2) is 36.5 Å². The smallest absolute Gasteiger partial charge is 0.224 e. The summed E-state index contributed by atoms with van der Waals surface area (Å²) in [4.78, 5) is 25.1. The molecule has 3 rings (SSSR count). The third kappa shape index (κ3) is 2.59. The molecule has 0 saturated carbocycles. The van der Waals surface area contributed by atoms with Crippen molar-refractivity contribution in [1.29, 1.82) is 0 Å². The number of nitrogens with zero attached hydrogens (tertiary/aromatic N) is 2. The van der Waals surface area contributed by atoms with Crippen molar-refractivity contribution < 1.29 is 9.59 Å². The van der Waals surface area contributed by atoms with E-state index in [1.54, 1.807) is 0 Å². The van der Waals surface area contributed by atoms with E-state index in [1.807, 2.05) is 23.2 Å². The lowest BCUT2D eigenvalue weighted by Crippen LogP contribution is -2.38. The minimum absolute atomic E-state index is 0.148. The standard InChI is InChI=1S/C16H18N2O2/c19-14-6-10-18(11-7-14)16(20)8-12-17-9-5-13-3-1-2-4-15(13)17/h1-5,9H,6-8,10-12H2. The minimum atomic E-state index is 0.148. The van der Waals surface area contributed by atoms with E-state index in [4.69, 9.17) is 0 Å². The molecular weight excluding hydrogens is 252 g/mol. The van der Waals surface area contributed by atoms with Gasteiger partial charge in [-0.1, -0.05) is 18.2 Å². The number of carbonyl (C=O) groups is 2. The third-order valence-electron chi connectivity index (χ3n) is 3.92. The Hall–Kier alpha value is -2.10. The summed E-state index contributed by atoms with van der Waals surface area (Å²) < 4.78 is 2.11. The summed E-state index contributed by atoms with van der Waals surface area (Å²) in [6.07, 6.45) is 3.54. The summed E-state index contributed by atoms with van der Waals surface area (Å²) in [5.41, 5.74) is 1.16. The number of rotatable bonds is 3. The summed E-state index contributed by atoms with van der Waals surface area (Å²) >= 11 is 0. The number of aromatic nitrogens is 1. The van der Waals surface area contributed by atoms with Crippen molar-refractivity contribution in [2.24, 2.45) is 0 Å². The van der Waals surface area contributed by atoms with Crippen molar-refractivity contribution in [2.45, 2.75) is 25.8 Å². The molecule has 1 aliphatic rings. The number of aryl methyl sites for hydroxylation is 1. The molecule has 1 fully saturated rings. The highest BCUT2D eigenvalue weighted by molar-refractivity contribution is 5.83. The normalized spacial score (nSPS) is 15.8. The van der Waals surface area contributed by atoms with E-state index in [-0.39, 0.29) is 11.7 Å². The second-order valence-corrected chi connectivity index (χ2v) is 5.24. The molecule has 1 saturated heterocycles. The Bertz CT molecular complexity index is 635. The first-order valence-electron chi connectivity index (χ1n) is 7.07. The van der Waals surface area contributed by atoms with Crippen LogP contribution in [-0.2, 0) is 16.1 Å². The highest BCUT2D eigenvalue weighted by atomic mass is 16.2. The van der Waals surface area contributed by atoms with Crippen molar-refractivity contribution in [1.82, 2.24) is 9.47 Å². The van der Waals surface area contributed by atoms with Crippen LogP contribution < -0.4 is 0 Å². The van der Waals surface area contributed by atoms with Crippen molar-refractivity contribution in [3.63, 3.8) is 0 Å². The molecule has 0 bridgehead atoms. The molecule has 4 heteroatoms. The van der Waals surface area contributed by atoms with E-state index < -0.39 is 0 Å². The van der Waals surface area contributed by atoms with E-state index >= 15 is 0 Å². The van der Waals surface area contributed by atoms with Crippen LogP contribution in [0.4, 0.5) is 0 Å². The number of hydrogen-bond acceptors (Lipinski definition) is 2. The Morgan fingerprint density at radius 1 is 1.10 bits per heavy atom. The van der Waals surface area contributed by atoms with Gasteiger partial charge in [-0.25, -0.2) is 0 Å². The van der Waals surface area contributed by atoms with E-state index in [2.05, 4.69) is 22.8 Å². The molecule has 0 spiro atoms. The van der Waals surface area contributed by atoms with Gasteiger partial charge in [0.05, 0.1) is 0 Å². The van der Waals surface area contributed by atoms with Gasteiger partial charge in [-0.2, -0.15) is 0 Å². The summed E-state index contributed by atoms with van der Waals surface area (Å²) in [5.74, 6) is 0.417. The average Bonchev–Trinajstić information content (AvgIpc) is 2.89. The number of amides is 1. The number of Topliss-reactive ketones (excluding diaryl/α,β-unsaturated/α-hetero) is 1. The Balaban J connectivity index is 1.61. The lowest BCUT2D eigenvalue weighted by Gasteiger charge is -2.26. The molecular formula is C16H18N2O2. The van der Waals surface area contributed by atoms with Crippen LogP contribution in [-0.4, -0.2) is 34.2 Å². The molecule has 2 aromatic rings. The first-order valence-corrected chi connectivity index (χ1v) is 7.07. The fourth-order valence-electron chi connectivity index (χ4n) is 2.72. The van der Waals surface area contributed by atoms with E-state index in [0.717, 1.165) is 5.52 Å². The van der Waals surface area contributed by atoms with Crippen LogP contribution in [0.5, 0.6) is 0 Å². The SMILES string of the molecule is O=C1CCN(C(=O)CCn2ccc3ccccc32)CC1. The first kappa shape index (κ1) is 12.9. The summed E-state index contributed by atoms with van der Waals surface area (Å²) in [6.45, 7) is 1.87. The maximum absolute atomic E-state index is 12.1. The molecule has 4 nitrogen and oxygen atoms in total. The van der Waals surface area contributed by atoms with Crippen molar-refractivity contribution >= 4 is 22.6 Å². The molecule has 0 atom stereocenters. The number of likely N-dealkylation sites (tertiary alicyclic amines) is 1. The number of para-hydroxylation sites is 1. The maximum Gasteiger partial charge on any atom is 0.224 e. The van der Waals surface area contributed by atoms with Crippen LogP contribution >= 0.6 is 0 Å².